The van der Waals surface area contributed by atoms with E-state index < -0.39 is 4.92 Å². The van der Waals surface area contributed by atoms with Crippen molar-refractivity contribution >= 4 is 34.6 Å². The van der Waals surface area contributed by atoms with E-state index in [1.165, 1.54) is 17.7 Å². The molecule has 1 N–H and O–H groups in total. The number of aryl methyl sites for hydroxylation is 1. The molecule has 0 bridgehead atoms. The van der Waals surface area contributed by atoms with Gasteiger partial charge in [-0.15, -0.1) is 10.2 Å². The van der Waals surface area contributed by atoms with E-state index in [1.807, 2.05) is 13.8 Å². The SMILES string of the molecule is CCNc1ncnc(Sc2nnc(C)s2)c1[N+](=O)[O-]. The van der Waals surface area contributed by atoms with Crippen molar-refractivity contribution in [2.75, 3.05) is 11.9 Å². The number of nitrogens with one attached hydrogen (secondary N) is 1. The van der Waals surface area contributed by atoms with Gasteiger partial charge in [0, 0.05) is 6.54 Å². The van der Waals surface area contributed by atoms with Gasteiger partial charge in [0.15, 0.2) is 9.37 Å². The Morgan fingerprint density at radius 2 is 2.26 bits per heavy atom. The fourth-order valence-corrected chi connectivity index (χ4v) is 3.10. The highest BCUT2D eigenvalue weighted by molar-refractivity contribution is 8.01. The van der Waals surface area contributed by atoms with Crippen LogP contribution in [0.4, 0.5) is 11.5 Å². The first-order valence-corrected chi connectivity index (χ1v) is 6.96. The third kappa shape index (κ3) is 3.15. The van der Waals surface area contributed by atoms with E-state index in [0.29, 0.717) is 10.9 Å². The van der Waals surface area contributed by atoms with Crippen molar-refractivity contribution in [2.45, 2.75) is 23.2 Å². The zero-order valence-electron chi connectivity index (χ0n) is 10.2. The summed E-state index contributed by atoms with van der Waals surface area (Å²) < 4.78 is 0.613. The lowest BCUT2D eigenvalue weighted by Crippen LogP contribution is -2.05. The van der Waals surface area contributed by atoms with E-state index in [2.05, 4.69) is 25.5 Å². The van der Waals surface area contributed by atoms with E-state index in [9.17, 15) is 10.1 Å². The van der Waals surface area contributed by atoms with Crippen LogP contribution in [0.2, 0.25) is 0 Å². The number of hydrogen-bond acceptors (Lipinski definition) is 9. The molecule has 0 fully saturated rings. The Kier molecular flexibility index (Phi) is 4.22. The highest BCUT2D eigenvalue weighted by Gasteiger charge is 2.24. The summed E-state index contributed by atoms with van der Waals surface area (Å²) in [5.41, 5.74) is -0.137. The second-order valence-corrected chi connectivity index (χ2v) is 5.77. The van der Waals surface area contributed by atoms with Gasteiger partial charge in [-0.3, -0.25) is 10.1 Å². The number of aromatic nitrogens is 4. The Morgan fingerprint density at radius 3 is 2.84 bits per heavy atom. The highest BCUT2D eigenvalue weighted by atomic mass is 32.2. The van der Waals surface area contributed by atoms with Crippen LogP contribution in [0, 0.1) is 17.0 Å². The number of nitro groups is 1. The molecule has 0 atom stereocenters. The quantitative estimate of drug-likeness (QED) is 0.508. The lowest BCUT2D eigenvalue weighted by molar-refractivity contribution is -0.387. The normalized spacial score (nSPS) is 10.4. The van der Waals surface area contributed by atoms with Crippen LogP contribution in [0.15, 0.2) is 15.7 Å². The minimum atomic E-state index is -0.492. The van der Waals surface area contributed by atoms with Crippen LogP contribution in [-0.4, -0.2) is 31.6 Å². The summed E-state index contributed by atoms with van der Waals surface area (Å²) in [6, 6.07) is 0. The maximum atomic E-state index is 11.2. The van der Waals surface area contributed by atoms with Crippen LogP contribution < -0.4 is 5.32 Å². The third-order valence-corrected chi connectivity index (χ3v) is 3.89. The molecule has 100 valence electrons. The van der Waals surface area contributed by atoms with Gasteiger partial charge in [0.25, 0.3) is 0 Å². The molecule has 0 spiro atoms. The zero-order chi connectivity index (χ0) is 13.8. The molecule has 10 heteroatoms. The van der Waals surface area contributed by atoms with Gasteiger partial charge in [0.05, 0.1) is 4.92 Å². The summed E-state index contributed by atoms with van der Waals surface area (Å²) in [6.07, 6.45) is 1.29. The summed E-state index contributed by atoms with van der Waals surface area (Å²) in [7, 11) is 0. The Labute approximate surface area is 116 Å². The van der Waals surface area contributed by atoms with Crippen LogP contribution >= 0.6 is 23.1 Å². The van der Waals surface area contributed by atoms with Gasteiger partial charge >= 0.3 is 5.69 Å². The molecule has 0 aliphatic heterocycles. The Morgan fingerprint density at radius 1 is 1.47 bits per heavy atom. The van der Waals surface area contributed by atoms with E-state index >= 15 is 0 Å². The lowest BCUT2D eigenvalue weighted by Gasteiger charge is -2.05. The predicted octanol–water partition coefficient (Wildman–Crippen LogP) is 2.13. The van der Waals surface area contributed by atoms with E-state index in [-0.39, 0.29) is 16.5 Å². The topological polar surface area (TPSA) is 107 Å². The van der Waals surface area contributed by atoms with Crippen molar-refractivity contribution in [1.82, 2.24) is 20.2 Å². The summed E-state index contributed by atoms with van der Waals surface area (Å²) in [5.74, 6) is 0.214. The molecular formula is C9H10N6O2S2. The number of hydrogen-bond donors (Lipinski definition) is 1. The fourth-order valence-electron chi connectivity index (χ4n) is 1.30. The molecule has 0 aromatic carbocycles. The van der Waals surface area contributed by atoms with Gasteiger partial charge < -0.3 is 5.32 Å². The van der Waals surface area contributed by atoms with Gasteiger partial charge in [-0.1, -0.05) is 11.3 Å². The van der Waals surface area contributed by atoms with Crippen LogP contribution in [0.25, 0.3) is 0 Å². The van der Waals surface area contributed by atoms with Crippen molar-refractivity contribution in [3.05, 3.63) is 21.4 Å². The average Bonchev–Trinajstić information content (AvgIpc) is 2.75. The molecule has 0 saturated heterocycles. The monoisotopic (exact) mass is 298 g/mol. The second kappa shape index (κ2) is 5.89. The van der Waals surface area contributed by atoms with Crippen LogP contribution in [0.3, 0.4) is 0 Å². The van der Waals surface area contributed by atoms with Crippen molar-refractivity contribution in [3.63, 3.8) is 0 Å². The molecule has 2 rings (SSSR count). The molecule has 0 amide bonds. The molecule has 2 aromatic heterocycles. The van der Waals surface area contributed by atoms with Crippen LogP contribution in [0.5, 0.6) is 0 Å². The molecular weight excluding hydrogens is 288 g/mol. The molecule has 2 heterocycles. The first kappa shape index (κ1) is 13.6. The molecule has 0 aliphatic rings. The van der Waals surface area contributed by atoms with E-state index in [4.69, 9.17) is 0 Å². The van der Waals surface area contributed by atoms with Gasteiger partial charge in [-0.05, 0) is 25.6 Å². The maximum absolute atomic E-state index is 11.2. The average molecular weight is 298 g/mol. The summed E-state index contributed by atoms with van der Waals surface area (Å²) in [5, 5.41) is 22.8. The smallest absolute Gasteiger partial charge is 0.343 e. The lowest BCUT2D eigenvalue weighted by atomic mass is 10.5. The predicted molar refractivity (Wildman–Crippen MR) is 71.6 cm³/mol. The molecule has 0 aliphatic carbocycles. The standard InChI is InChI=1S/C9H10N6O2S2/c1-3-10-7-6(15(16)17)8(12-4-11-7)19-9-14-13-5(2)18-9/h4H,3H2,1-2H3,(H,10,11,12). The molecule has 19 heavy (non-hydrogen) atoms. The molecule has 8 nitrogen and oxygen atoms in total. The summed E-state index contributed by atoms with van der Waals surface area (Å²) in [4.78, 5) is 18.5. The summed E-state index contributed by atoms with van der Waals surface area (Å²) in [6.45, 7) is 4.20. The number of rotatable bonds is 5. The van der Waals surface area contributed by atoms with Gasteiger partial charge in [-0.25, -0.2) is 9.97 Å². The molecule has 0 unspecified atom stereocenters. The van der Waals surface area contributed by atoms with Gasteiger partial charge in [-0.2, -0.15) is 0 Å². The molecule has 0 saturated carbocycles. The Balaban J connectivity index is 2.38. The number of anilines is 1. The van der Waals surface area contributed by atoms with E-state index in [1.54, 1.807) is 0 Å². The first-order valence-electron chi connectivity index (χ1n) is 5.33. The minimum absolute atomic E-state index is 0.137. The molecule has 2 aromatic rings. The maximum Gasteiger partial charge on any atom is 0.343 e. The Hall–Kier alpha value is -1.81. The fraction of sp³-hybridized carbons (Fsp3) is 0.333. The van der Waals surface area contributed by atoms with Gasteiger partial charge in [0.2, 0.25) is 5.82 Å². The minimum Gasteiger partial charge on any atom is -0.364 e. The zero-order valence-corrected chi connectivity index (χ0v) is 11.8. The van der Waals surface area contributed by atoms with E-state index in [0.717, 1.165) is 16.8 Å². The van der Waals surface area contributed by atoms with Crippen LogP contribution in [-0.2, 0) is 0 Å². The van der Waals surface area contributed by atoms with Crippen molar-refractivity contribution in [3.8, 4) is 0 Å². The molecule has 0 radical (unpaired) electrons. The third-order valence-electron chi connectivity index (χ3n) is 2.01. The van der Waals surface area contributed by atoms with Crippen molar-refractivity contribution < 1.29 is 4.92 Å². The van der Waals surface area contributed by atoms with Crippen molar-refractivity contribution in [2.24, 2.45) is 0 Å². The number of nitrogens with zero attached hydrogens (tertiary/aromatic N) is 5. The largest absolute Gasteiger partial charge is 0.364 e. The van der Waals surface area contributed by atoms with Crippen LogP contribution in [0.1, 0.15) is 11.9 Å². The Bertz CT molecular complexity index is 602. The highest BCUT2D eigenvalue weighted by Crippen LogP contribution is 2.37. The van der Waals surface area contributed by atoms with Crippen molar-refractivity contribution in [1.29, 1.82) is 0 Å². The van der Waals surface area contributed by atoms with Gasteiger partial charge in [0.1, 0.15) is 11.3 Å². The first-order chi connectivity index (χ1) is 9.11. The second-order valence-electron chi connectivity index (χ2n) is 3.35. The summed E-state index contributed by atoms with van der Waals surface area (Å²) >= 11 is 2.48.